The molecule has 0 aromatic carbocycles. The van der Waals surface area contributed by atoms with Crippen LogP contribution < -0.4 is 0 Å². The van der Waals surface area contributed by atoms with E-state index in [9.17, 15) is 40.9 Å². The second kappa shape index (κ2) is 9.96. The number of hydrogen-bond acceptors (Lipinski definition) is 8. The molecule has 0 fully saturated rings. The van der Waals surface area contributed by atoms with Crippen LogP contribution in [0.3, 0.4) is 0 Å². The van der Waals surface area contributed by atoms with Crippen molar-refractivity contribution in [1.82, 2.24) is 0 Å². The predicted octanol–water partition coefficient (Wildman–Crippen LogP) is -2.25. The van der Waals surface area contributed by atoms with Crippen molar-refractivity contribution < 1.29 is 40.9 Å². The molecule has 0 aliphatic carbocycles. The van der Waals surface area contributed by atoms with E-state index >= 15 is 0 Å². The molecule has 0 saturated carbocycles. The number of aliphatic hydroxyl groups is 8. The van der Waals surface area contributed by atoms with Crippen LogP contribution in [0.5, 0.6) is 0 Å². The van der Waals surface area contributed by atoms with Gasteiger partial charge in [0.15, 0.2) is 0 Å². The van der Waals surface area contributed by atoms with Crippen molar-refractivity contribution in [3.05, 3.63) is 0 Å². The van der Waals surface area contributed by atoms with Gasteiger partial charge in [-0.2, -0.15) is 0 Å². The predicted molar refractivity (Wildman–Crippen MR) is 91.4 cm³/mol. The Kier molecular flexibility index (Phi) is 10.4. The van der Waals surface area contributed by atoms with Crippen molar-refractivity contribution in [1.29, 1.82) is 0 Å². The fourth-order valence-corrected chi connectivity index (χ4v) is 22.1. The maximum atomic E-state index is 9.73. The Morgan fingerprint density at radius 2 is 0.524 bits per heavy atom. The molecule has 0 aliphatic rings. The Morgan fingerprint density at radius 1 is 0.333 bits per heavy atom. The van der Waals surface area contributed by atoms with Gasteiger partial charge in [0.05, 0.1) is 0 Å². The Bertz CT molecular complexity index is 241. The average molecular weight is 372 g/mol. The van der Waals surface area contributed by atoms with Gasteiger partial charge in [0.25, 0.3) is 0 Å². The molecule has 134 valence electrons. The molecule has 0 aliphatic heterocycles. The van der Waals surface area contributed by atoms with Crippen molar-refractivity contribution in [2.75, 3.05) is 62.6 Å². The molecule has 21 heavy (non-hydrogen) atoms. The molecule has 0 spiro atoms. The standard InChI is InChI=1S/C10H31O8P3/c11-1-19(2-12,3-13)9-21(7-17,8-18)10-20(4-14,5-15)6-16/h11-21H,1-10H2. The third kappa shape index (κ3) is 5.52. The summed E-state index contributed by atoms with van der Waals surface area (Å²) in [5, 5.41) is 76.3. The Morgan fingerprint density at radius 3 is 0.667 bits per heavy atom. The first-order valence-corrected chi connectivity index (χ1v) is 15.3. The van der Waals surface area contributed by atoms with Gasteiger partial charge in [-0.25, -0.2) is 0 Å². The van der Waals surface area contributed by atoms with E-state index in [0.29, 0.717) is 0 Å². The van der Waals surface area contributed by atoms with Crippen LogP contribution in [0, 0.1) is 0 Å². The van der Waals surface area contributed by atoms with Crippen LogP contribution in [-0.2, 0) is 0 Å². The molecule has 0 unspecified atom stereocenters. The third-order valence-corrected chi connectivity index (χ3v) is 21.5. The molecule has 0 bridgehead atoms. The van der Waals surface area contributed by atoms with E-state index in [2.05, 4.69) is 0 Å². The summed E-state index contributed by atoms with van der Waals surface area (Å²) in [6.45, 7) is 0. The van der Waals surface area contributed by atoms with Crippen LogP contribution in [0.2, 0.25) is 0 Å². The Labute approximate surface area is 126 Å². The van der Waals surface area contributed by atoms with Crippen LogP contribution in [0.25, 0.3) is 0 Å². The Balaban J connectivity index is 5.42. The quantitative estimate of drug-likeness (QED) is 0.178. The first kappa shape index (κ1) is 22.0. The summed E-state index contributed by atoms with van der Waals surface area (Å²) >= 11 is 0. The van der Waals surface area contributed by atoms with Crippen LogP contribution >= 0.6 is 21.8 Å². The van der Waals surface area contributed by atoms with Gasteiger partial charge < -0.3 is 0 Å². The second-order valence-electron chi connectivity index (χ2n) is 6.12. The number of aliphatic hydroxyl groups excluding tert-OH is 8. The monoisotopic (exact) mass is 372 g/mol. The normalized spacial score (nSPS) is 16.0. The van der Waals surface area contributed by atoms with E-state index < -0.39 is 21.8 Å². The molecule has 11 heteroatoms. The van der Waals surface area contributed by atoms with E-state index in [0.717, 1.165) is 0 Å². The first-order chi connectivity index (χ1) is 9.90. The minimum atomic E-state index is -2.87. The summed E-state index contributed by atoms with van der Waals surface area (Å²) < 4.78 is 0. The number of rotatable bonds is 12. The zero-order chi connectivity index (χ0) is 16.6. The fourth-order valence-electron chi connectivity index (χ4n) is 2.56. The molecule has 0 radical (unpaired) electrons. The van der Waals surface area contributed by atoms with Gasteiger partial charge in [-0.05, 0) is 0 Å². The van der Waals surface area contributed by atoms with Gasteiger partial charge in [-0.15, -0.1) is 0 Å². The van der Waals surface area contributed by atoms with Crippen LogP contribution in [0.15, 0.2) is 0 Å². The second-order valence-corrected chi connectivity index (χ2v) is 20.5. The zero-order valence-corrected chi connectivity index (χ0v) is 15.1. The third-order valence-electron chi connectivity index (χ3n) is 4.18. The number of hydrogen-bond donors (Lipinski definition) is 8. The van der Waals surface area contributed by atoms with Gasteiger partial charge in [0.1, 0.15) is 0 Å². The molecule has 0 heterocycles. The fraction of sp³-hybridized carbons (Fsp3) is 1.00. The molecule has 8 nitrogen and oxygen atoms in total. The van der Waals surface area contributed by atoms with E-state index in [1.807, 2.05) is 0 Å². The summed E-state index contributed by atoms with van der Waals surface area (Å²) in [5.41, 5.74) is 0. The van der Waals surface area contributed by atoms with Crippen molar-refractivity contribution in [2.45, 2.75) is 0 Å². The molecular weight excluding hydrogens is 341 g/mol. The van der Waals surface area contributed by atoms with Crippen molar-refractivity contribution in [2.24, 2.45) is 0 Å². The summed E-state index contributed by atoms with van der Waals surface area (Å²) in [4.78, 5) is 0. The molecule has 0 atom stereocenters. The van der Waals surface area contributed by atoms with Crippen LogP contribution in [0.4, 0.5) is 0 Å². The molecule has 0 amide bonds. The first-order valence-electron chi connectivity index (χ1n) is 6.77. The van der Waals surface area contributed by atoms with Crippen molar-refractivity contribution in [3.63, 3.8) is 0 Å². The van der Waals surface area contributed by atoms with E-state index in [-0.39, 0.29) is 62.6 Å². The SMILES string of the molecule is OC[PH](CO)(CO)C[PH](CO)(CO)C[PH](CO)(CO)CO. The molecule has 0 rings (SSSR count). The molecule has 0 saturated heterocycles. The van der Waals surface area contributed by atoms with Gasteiger partial charge in [-0.3, -0.25) is 0 Å². The van der Waals surface area contributed by atoms with E-state index in [4.69, 9.17) is 0 Å². The maximum absolute atomic E-state index is 9.73. The van der Waals surface area contributed by atoms with Gasteiger partial charge in [0.2, 0.25) is 0 Å². The van der Waals surface area contributed by atoms with Gasteiger partial charge >= 0.3 is 125 Å². The molecular formula is C10H31O8P3. The molecule has 0 aromatic heterocycles. The summed E-state index contributed by atoms with van der Waals surface area (Å²) in [6.07, 6.45) is -2.95. The van der Waals surface area contributed by atoms with Crippen molar-refractivity contribution in [3.8, 4) is 0 Å². The summed E-state index contributed by atoms with van der Waals surface area (Å²) in [7, 11) is -8.56. The summed E-state index contributed by atoms with van der Waals surface area (Å²) in [5.74, 6) is 0.344. The average Bonchev–Trinajstić information content (AvgIpc) is 2.57. The Hall–Kier alpha value is 0.970. The van der Waals surface area contributed by atoms with Crippen LogP contribution in [-0.4, -0.2) is 103 Å². The summed E-state index contributed by atoms with van der Waals surface area (Å²) in [6, 6.07) is 0. The van der Waals surface area contributed by atoms with E-state index in [1.54, 1.807) is 0 Å². The van der Waals surface area contributed by atoms with Gasteiger partial charge in [0, 0.05) is 0 Å². The van der Waals surface area contributed by atoms with Crippen LogP contribution in [0.1, 0.15) is 0 Å². The van der Waals surface area contributed by atoms with E-state index in [1.165, 1.54) is 0 Å². The topological polar surface area (TPSA) is 162 Å². The zero-order valence-electron chi connectivity index (χ0n) is 12.1. The molecule has 8 N–H and O–H groups in total. The van der Waals surface area contributed by atoms with Crippen molar-refractivity contribution >= 4 is 21.8 Å². The molecule has 0 aromatic rings. The van der Waals surface area contributed by atoms with Gasteiger partial charge in [-0.1, -0.05) is 0 Å². The minimum absolute atomic E-state index is 0.172.